The molecule has 0 fully saturated rings. The van der Waals surface area contributed by atoms with Crippen LogP contribution in [0.25, 0.3) is 0 Å². The van der Waals surface area contributed by atoms with Crippen molar-refractivity contribution < 1.29 is 4.79 Å². The second kappa shape index (κ2) is 7.31. The van der Waals surface area contributed by atoms with E-state index in [2.05, 4.69) is 36.0 Å². The number of nitrogens with zero attached hydrogens (tertiary/aromatic N) is 2. The molecule has 2 aromatic rings. The molecule has 1 aliphatic heterocycles. The molecule has 1 amide bonds. The van der Waals surface area contributed by atoms with E-state index in [4.69, 9.17) is 6.42 Å². The number of hydrogen-bond acceptors (Lipinski definition) is 2. The molecule has 3 nitrogen and oxygen atoms in total. The van der Waals surface area contributed by atoms with Crippen molar-refractivity contribution >= 4 is 5.91 Å². The van der Waals surface area contributed by atoms with Crippen LogP contribution < -0.4 is 0 Å². The van der Waals surface area contributed by atoms with Gasteiger partial charge in [0, 0.05) is 12.2 Å². The van der Waals surface area contributed by atoms with Crippen LogP contribution in [-0.2, 0) is 11.2 Å². The third-order valence-electron chi connectivity index (χ3n) is 4.69. The number of benzene rings is 1. The van der Waals surface area contributed by atoms with Crippen LogP contribution >= 0.6 is 0 Å². The predicted octanol–water partition coefficient (Wildman–Crippen LogP) is 3.75. The molecule has 0 unspecified atom stereocenters. The van der Waals surface area contributed by atoms with Crippen LogP contribution in [-0.4, -0.2) is 21.8 Å². The largest absolute Gasteiger partial charge is 0.316 e. The standard InChI is InChI=1S/C21H22N2O/c1-3-5-11-17-15-16-10-6-7-12-18(16)21(23(17)20(24)4-2)19-13-8-9-14-22-19/h2,6-10,12-14,17,21H,3,5,11,15H2,1H3/t17-,21+/m0/s1. The molecule has 1 aromatic carbocycles. The van der Waals surface area contributed by atoms with Gasteiger partial charge in [0.1, 0.15) is 6.04 Å². The maximum absolute atomic E-state index is 12.6. The first-order chi connectivity index (χ1) is 11.8. The lowest BCUT2D eigenvalue weighted by atomic mass is 9.84. The number of fused-ring (bicyclic) bond motifs is 1. The second-order valence-corrected chi connectivity index (χ2v) is 6.21. The summed E-state index contributed by atoms with van der Waals surface area (Å²) in [6.45, 7) is 2.17. The number of rotatable bonds is 4. The first kappa shape index (κ1) is 16.3. The molecule has 2 atom stereocenters. The lowest BCUT2D eigenvalue weighted by molar-refractivity contribution is -0.130. The van der Waals surface area contributed by atoms with Crippen molar-refractivity contribution in [3.05, 3.63) is 65.5 Å². The van der Waals surface area contributed by atoms with Gasteiger partial charge in [-0.1, -0.05) is 50.1 Å². The number of amides is 1. The summed E-state index contributed by atoms with van der Waals surface area (Å²) < 4.78 is 0. The van der Waals surface area contributed by atoms with Gasteiger partial charge in [0.05, 0.1) is 5.69 Å². The summed E-state index contributed by atoms with van der Waals surface area (Å²) in [5.74, 6) is 2.08. The van der Waals surface area contributed by atoms with Gasteiger partial charge in [-0.15, -0.1) is 6.42 Å². The molecule has 0 radical (unpaired) electrons. The van der Waals surface area contributed by atoms with E-state index >= 15 is 0 Å². The second-order valence-electron chi connectivity index (χ2n) is 6.21. The van der Waals surface area contributed by atoms with E-state index in [-0.39, 0.29) is 18.0 Å². The summed E-state index contributed by atoms with van der Waals surface area (Å²) in [6.07, 6.45) is 11.3. The molecule has 0 spiro atoms. The van der Waals surface area contributed by atoms with Crippen molar-refractivity contribution in [2.75, 3.05) is 0 Å². The number of pyridine rings is 1. The molecule has 0 saturated heterocycles. The summed E-state index contributed by atoms with van der Waals surface area (Å²) in [5, 5.41) is 0. The average molecular weight is 318 g/mol. The van der Waals surface area contributed by atoms with Crippen LogP contribution in [0.5, 0.6) is 0 Å². The molecular formula is C21H22N2O. The number of carbonyl (C=O) groups excluding carboxylic acids is 1. The Labute approximate surface area is 143 Å². The van der Waals surface area contributed by atoms with Crippen molar-refractivity contribution in [3.63, 3.8) is 0 Å². The Bertz CT molecular complexity index is 748. The highest BCUT2D eigenvalue weighted by Crippen LogP contribution is 2.38. The fourth-order valence-corrected chi connectivity index (χ4v) is 3.58. The number of hydrogen-bond donors (Lipinski definition) is 0. The average Bonchev–Trinajstić information content (AvgIpc) is 2.65. The zero-order valence-electron chi connectivity index (χ0n) is 14.0. The first-order valence-electron chi connectivity index (χ1n) is 8.54. The highest BCUT2D eigenvalue weighted by atomic mass is 16.2. The smallest absolute Gasteiger partial charge is 0.299 e. The van der Waals surface area contributed by atoms with E-state index in [1.165, 1.54) is 5.56 Å². The Morgan fingerprint density at radius 3 is 2.79 bits per heavy atom. The Morgan fingerprint density at radius 1 is 1.29 bits per heavy atom. The van der Waals surface area contributed by atoms with E-state index < -0.39 is 0 Å². The Hall–Kier alpha value is -2.60. The van der Waals surface area contributed by atoms with Crippen molar-refractivity contribution in [1.82, 2.24) is 9.88 Å². The highest BCUT2D eigenvalue weighted by molar-refractivity contribution is 5.94. The zero-order valence-corrected chi connectivity index (χ0v) is 14.0. The molecule has 3 rings (SSSR count). The number of carbonyl (C=O) groups is 1. The molecule has 0 aliphatic carbocycles. The van der Waals surface area contributed by atoms with Crippen molar-refractivity contribution in [1.29, 1.82) is 0 Å². The maximum Gasteiger partial charge on any atom is 0.299 e. The van der Waals surface area contributed by atoms with Gasteiger partial charge in [0.2, 0.25) is 0 Å². The molecule has 0 bridgehead atoms. The summed E-state index contributed by atoms with van der Waals surface area (Å²) in [4.78, 5) is 19.0. The van der Waals surface area contributed by atoms with E-state index in [0.717, 1.165) is 36.9 Å². The third kappa shape index (κ3) is 3.05. The van der Waals surface area contributed by atoms with E-state index in [0.29, 0.717) is 0 Å². The molecule has 0 saturated carbocycles. The summed E-state index contributed by atoms with van der Waals surface area (Å²) >= 11 is 0. The van der Waals surface area contributed by atoms with Crippen LogP contribution in [0.4, 0.5) is 0 Å². The minimum absolute atomic E-state index is 0.121. The van der Waals surface area contributed by atoms with Crippen LogP contribution in [0.1, 0.15) is 49.0 Å². The minimum atomic E-state index is -0.249. The predicted molar refractivity (Wildman–Crippen MR) is 95.2 cm³/mol. The van der Waals surface area contributed by atoms with Crippen molar-refractivity contribution in [3.8, 4) is 12.3 Å². The molecule has 24 heavy (non-hydrogen) atoms. The molecule has 2 heterocycles. The van der Waals surface area contributed by atoms with Crippen LogP contribution in [0, 0.1) is 12.3 Å². The van der Waals surface area contributed by atoms with Gasteiger partial charge < -0.3 is 4.90 Å². The van der Waals surface area contributed by atoms with E-state index in [1.807, 2.05) is 29.2 Å². The molecule has 1 aromatic heterocycles. The van der Waals surface area contributed by atoms with Gasteiger partial charge in [0.15, 0.2) is 0 Å². The molecular weight excluding hydrogens is 296 g/mol. The fraction of sp³-hybridized carbons (Fsp3) is 0.333. The number of aromatic nitrogens is 1. The summed E-state index contributed by atoms with van der Waals surface area (Å²) in [7, 11) is 0. The van der Waals surface area contributed by atoms with Gasteiger partial charge in [-0.2, -0.15) is 0 Å². The van der Waals surface area contributed by atoms with Crippen molar-refractivity contribution in [2.45, 2.75) is 44.7 Å². The molecule has 0 N–H and O–H groups in total. The van der Waals surface area contributed by atoms with Gasteiger partial charge >= 0.3 is 0 Å². The maximum atomic E-state index is 12.6. The molecule has 122 valence electrons. The first-order valence-corrected chi connectivity index (χ1v) is 8.54. The SMILES string of the molecule is C#CC(=O)N1[C@@H](CCCC)Cc2ccccc2[C@@H]1c1ccccn1. The van der Waals surface area contributed by atoms with Gasteiger partial charge in [-0.3, -0.25) is 9.78 Å². The van der Waals surface area contributed by atoms with E-state index in [9.17, 15) is 4.79 Å². The summed E-state index contributed by atoms with van der Waals surface area (Å²) in [5.41, 5.74) is 3.29. The Balaban J connectivity index is 2.12. The zero-order chi connectivity index (χ0) is 16.9. The highest BCUT2D eigenvalue weighted by Gasteiger charge is 2.37. The number of unbranched alkanes of at least 4 members (excludes halogenated alkanes) is 1. The quantitative estimate of drug-likeness (QED) is 0.805. The Kier molecular flexibility index (Phi) is 4.96. The van der Waals surface area contributed by atoms with Gasteiger partial charge in [0.25, 0.3) is 5.91 Å². The minimum Gasteiger partial charge on any atom is -0.316 e. The van der Waals surface area contributed by atoms with Crippen LogP contribution in [0.2, 0.25) is 0 Å². The topological polar surface area (TPSA) is 33.2 Å². The lowest BCUT2D eigenvalue weighted by Crippen LogP contribution is -2.47. The van der Waals surface area contributed by atoms with E-state index in [1.54, 1.807) is 6.20 Å². The normalized spacial score (nSPS) is 19.4. The van der Waals surface area contributed by atoms with Crippen LogP contribution in [0.15, 0.2) is 48.7 Å². The van der Waals surface area contributed by atoms with Crippen molar-refractivity contribution in [2.24, 2.45) is 0 Å². The third-order valence-corrected chi connectivity index (χ3v) is 4.69. The Morgan fingerprint density at radius 2 is 2.08 bits per heavy atom. The monoisotopic (exact) mass is 318 g/mol. The summed E-state index contributed by atoms with van der Waals surface area (Å²) in [6, 6.07) is 14.0. The van der Waals surface area contributed by atoms with Gasteiger partial charge in [-0.05, 0) is 42.0 Å². The molecule has 1 aliphatic rings. The fourth-order valence-electron chi connectivity index (χ4n) is 3.58. The lowest BCUT2D eigenvalue weighted by Gasteiger charge is -2.42. The molecule has 3 heteroatoms. The van der Waals surface area contributed by atoms with Crippen LogP contribution in [0.3, 0.4) is 0 Å². The van der Waals surface area contributed by atoms with Gasteiger partial charge in [-0.25, -0.2) is 0 Å². The number of terminal acetylenes is 1.